The summed E-state index contributed by atoms with van der Waals surface area (Å²) in [6.45, 7) is 1.71. The van der Waals surface area contributed by atoms with Gasteiger partial charge in [0, 0.05) is 4.88 Å². The number of phenols is 1. The normalized spacial score (nSPS) is 11.4. The summed E-state index contributed by atoms with van der Waals surface area (Å²) in [5, 5.41) is 19.1. The lowest BCUT2D eigenvalue weighted by Gasteiger charge is -2.07. The van der Waals surface area contributed by atoms with Crippen molar-refractivity contribution in [2.24, 2.45) is 0 Å². The SMILES string of the molecule is Cc1ccccc1S(=O)(=O)Cc1cc(-c2cccc(O)c2)sc1C(=O)O. The summed E-state index contributed by atoms with van der Waals surface area (Å²) in [5.41, 5.74) is 1.49. The average molecular weight is 388 g/mol. The molecule has 5 nitrogen and oxygen atoms in total. The van der Waals surface area contributed by atoms with Crippen molar-refractivity contribution in [1.29, 1.82) is 0 Å². The fourth-order valence-electron chi connectivity index (χ4n) is 2.71. The number of rotatable bonds is 5. The van der Waals surface area contributed by atoms with Crippen LogP contribution in [0.2, 0.25) is 0 Å². The van der Waals surface area contributed by atoms with Crippen LogP contribution in [0, 0.1) is 6.92 Å². The Morgan fingerprint density at radius 2 is 1.81 bits per heavy atom. The zero-order chi connectivity index (χ0) is 18.9. The lowest BCUT2D eigenvalue weighted by atomic mass is 10.1. The summed E-state index contributed by atoms with van der Waals surface area (Å²) < 4.78 is 25.5. The van der Waals surface area contributed by atoms with Crippen LogP contribution < -0.4 is 0 Å². The number of thiophene rings is 1. The van der Waals surface area contributed by atoms with Gasteiger partial charge >= 0.3 is 5.97 Å². The minimum Gasteiger partial charge on any atom is -0.508 e. The number of aryl methyl sites for hydroxylation is 1. The molecule has 0 radical (unpaired) electrons. The lowest BCUT2D eigenvalue weighted by Crippen LogP contribution is -2.08. The van der Waals surface area contributed by atoms with Crippen molar-refractivity contribution in [3.05, 3.63) is 70.6 Å². The molecule has 26 heavy (non-hydrogen) atoms. The molecule has 0 unspecified atom stereocenters. The van der Waals surface area contributed by atoms with Gasteiger partial charge in [0.25, 0.3) is 0 Å². The van der Waals surface area contributed by atoms with Crippen molar-refractivity contribution in [1.82, 2.24) is 0 Å². The molecule has 3 rings (SSSR count). The van der Waals surface area contributed by atoms with Crippen LogP contribution in [0.15, 0.2) is 59.5 Å². The van der Waals surface area contributed by atoms with Gasteiger partial charge in [-0.1, -0.05) is 30.3 Å². The Morgan fingerprint density at radius 1 is 1.08 bits per heavy atom. The molecule has 2 aromatic carbocycles. The Kier molecular flexibility index (Phi) is 4.84. The average Bonchev–Trinajstić information content (AvgIpc) is 2.98. The molecule has 2 N–H and O–H groups in total. The highest BCUT2D eigenvalue weighted by molar-refractivity contribution is 7.90. The second-order valence-corrected chi connectivity index (χ2v) is 8.86. The van der Waals surface area contributed by atoms with Crippen molar-refractivity contribution >= 4 is 27.1 Å². The Balaban J connectivity index is 2.05. The van der Waals surface area contributed by atoms with E-state index >= 15 is 0 Å². The Hall–Kier alpha value is -2.64. The van der Waals surface area contributed by atoms with Crippen LogP contribution in [0.1, 0.15) is 20.8 Å². The topological polar surface area (TPSA) is 91.7 Å². The minimum absolute atomic E-state index is 0.0134. The van der Waals surface area contributed by atoms with Gasteiger partial charge in [-0.3, -0.25) is 0 Å². The number of benzene rings is 2. The van der Waals surface area contributed by atoms with Crippen molar-refractivity contribution in [3.8, 4) is 16.2 Å². The van der Waals surface area contributed by atoms with E-state index < -0.39 is 21.6 Å². The van der Waals surface area contributed by atoms with E-state index in [1.807, 2.05) is 0 Å². The second kappa shape index (κ2) is 6.93. The monoisotopic (exact) mass is 388 g/mol. The first-order valence-corrected chi connectivity index (χ1v) is 10.2. The number of aromatic carboxylic acids is 1. The molecule has 0 aliphatic carbocycles. The molecule has 0 saturated heterocycles. The van der Waals surface area contributed by atoms with Gasteiger partial charge < -0.3 is 10.2 Å². The van der Waals surface area contributed by atoms with Crippen molar-refractivity contribution < 1.29 is 23.4 Å². The quantitative estimate of drug-likeness (QED) is 0.686. The highest BCUT2D eigenvalue weighted by Crippen LogP contribution is 2.35. The molecule has 0 saturated carbocycles. The third kappa shape index (κ3) is 3.63. The molecule has 3 aromatic rings. The largest absolute Gasteiger partial charge is 0.508 e. The first kappa shape index (κ1) is 18.2. The molecule has 0 fully saturated rings. The summed E-state index contributed by atoms with van der Waals surface area (Å²) >= 11 is 0.994. The standard InChI is InChI=1S/C19H16O5S2/c1-12-5-2-3-8-17(12)26(23,24)11-14-10-16(25-18(14)19(21)22)13-6-4-7-15(20)9-13/h2-10,20H,11H2,1H3,(H,21,22). The van der Waals surface area contributed by atoms with Crippen LogP contribution in [-0.2, 0) is 15.6 Å². The van der Waals surface area contributed by atoms with E-state index in [-0.39, 0.29) is 21.1 Å². The predicted molar refractivity (Wildman–Crippen MR) is 100 cm³/mol. The van der Waals surface area contributed by atoms with Gasteiger partial charge in [0.05, 0.1) is 10.6 Å². The van der Waals surface area contributed by atoms with Crippen LogP contribution in [0.3, 0.4) is 0 Å². The van der Waals surface area contributed by atoms with E-state index in [1.165, 1.54) is 18.2 Å². The van der Waals surface area contributed by atoms with Gasteiger partial charge in [-0.05, 0) is 47.9 Å². The number of hydrogen-bond acceptors (Lipinski definition) is 5. The van der Waals surface area contributed by atoms with E-state index in [0.717, 1.165) is 11.3 Å². The maximum absolute atomic E-state index is 12.8. The highest BCUT2D eigenvalue weighted by atomic mass is 32.2. The van der Waals surface area contributed by atoms with Gasteiger partial charge in [-0.15, -0.1) is 11.3 Å². The number of carboxylic acids is 1. The molecule has 134 valence electrons. The van der Waals surface area contributed by atoms with Crippen molar-refractivity contribution in [2.45, 2.75) is 17.6 Å². The van der Waals surface area contributed by atoms with E-state index in [1.54, 1.807) is 43.3 Å². The summed E-state index contributed by atoms with van der Waals surface area (Å²) in [6, 6.07) is 14.6. The zero-order valence-electron chi connectivity index (χ0n) is 13.8. The number of carboxylic acid groups (broad SMARTS) is 1. The Morgan fingerprint density at radius 3 is 2.46 bits per heavy atom. The molecule has 7 heteroatoms. The van der Waals surface area contributed by atoms with Crippen molar-refractivity contribution in [2.75, 3.05) is 0 Å². The molecule has 0 bridgehead atoms. The van der Waals surface area contributed by atoms with Crippen LogP contribution in [0.4, 0.5) is 0 Å². The zero-order valence-corrected chi connectivity index (χ0v) is 15.5. The Labute approximate surface area is 155 Å². The van der Waals surface area contributed by atoms with Crippen molar-refractivity contribution in [3.63, 3.8) is 0 Å². The number of hydrogen-bond donors (Lipinski definition) is 2. The minimum atomic E-state index is -3.68. The molecule has 0 aliphatic rings. The number of sulfone groups is 1. The van der Waals surface area contributed by atoms with Crippen LogP contribution in [0.5, 0.6) is 5.75 Å². The van der Waals surface area contributed by atoms with E-state index in [0.29, 0.717) is 16.0 Å². The van der Waals surface area contributed by atoms with E-state index in [2.05, 4.69) is 0 Å². The van der Waals surface area contributed by atoms with E-state index in [9.17, 15) is 23.4 Å². The smallest absolute Gasteiger partial charge is 0.346 e. The summed E-state index contributed by atoms with van der Waals surface area (Å²) in [5.74, 6) is -1.51. The Bertz CT molecular complexity index is 1080. The maximum atomic E-state index is 12.8. The van der Waals surface area contributed by atoms with Crippen LogP contribution in [-0.4, -0.2) is 24.6 Å². The first-order chi connectivity index (χ1) is 12.3. The summed E-state index contributed by atoms with van der Waals surface area (Å²) in [4.78, 5) is 12.4. The third-order valence-electron chi connectivity index (χ3n) is 3.91. The fraction of sp³-hybridized carbons (Fsp3) is 0.105. The molecule has 0 spiro atoms. The third-order valence-corrected chi connectivity index (χ3v) is 6.94. The lowest BCUT2D eigenvalue weighted by molar-refractivity contribution is 0.0701. The molecule has 0 amide bonds. The predicted octanol–water partition coefficient (Wildman–Crippen LogP) is 4.10. The van der Waals surface area contributed by atoms with E-state index in [4.69, 9.17) is 0 Å². The maximum Gasteiger partial charge on any atom is 0.346 e. The number of carbonyl (C=O) groups is 1. The second-order valence-electron chi connectivity index (χ2n) is 5.85. The molecule has 0 atom stereocenters. The van der Waals surface area contributed by atoms with Gasteiger partial charge in [0.2, 0.25) is 0 Å². The molecular formula is C19H16O5S2. The molecule has 1 heterocycles. The van der Waals surface area contributed by atoms with Crippen LogP contribution in [0.25, 0.3) is 10.4 Å². The van der Waals surface area contributed by atoms with Gasteiger partial charge in [0.1, 0.15) is 10.6 Å². The van der Waals surface area contributed by atoms with Gasteiger partial charge in [0.15, 0.2) is 9.84 Å². The molecule has 1 aromatic heterocycles. The van der Waals surface area contributed by atoms with Gasteiger partial charge in [-0.25, -0.2) is 13.2 Å². The fourth-order valence-corrected chi connectivity index (χ4v) is 5.45. The summed E-state index contributed by atoms with van der Waals surface area (Å²) in [7, 11) is -3.68. The number of aromatic hydroxyl groups is 1. The van der Waals surface area contributed by atoms with Crippen LogP contribution >= 0.6 is 11.3 Å². The molecular weight excluding hydrogens is 372 g/mol. The first-order valence-electron chi connectivity index (χ1n) is 7.72. The molecule has 0 aliphatic heterocycles. The van der Waals surface area contributed by atoms with Gasteiger partial charge in [-0.2, -0.15) is 0 Å². The summed E-state index contributed by atoms with van der Waals surface area (Å²) in [6.07, 6.45) is 0. The highest BCUT2D eigenvalue weighted by Gasteiger charge is 2.24. The number of phenolic OH excluding ortho intramolecular Hbond substituents is 1.